The Balaban J connectivity index is 1.89. The molecule has 0 fully saturated rings. The van der Waals surface area contributed by atoms with E-state index in [1.54, 1.807) is 12.1 Å². The van der Waals surface area contributed by atoms with Crippen LogP contribution in [0.25, 0.3) is 0 Å². The summed E-state index contributed by atoms with van der Waals surface area (Å²) in [6.45, 7) is 0. The highest BCUT2D eigenvalue weighted by molar-refractivity contribution is 5.95. The van der Waals surface area contributed by atoms with E-state index in [4.69, 9.17) is 11.5 Å². The predicted octanol–water partition coefficient (Wildman–Crippen LogP) is 1.44. The first-order valence-corrected chi connectivity index (χ1v) is 7.50. The molecule has 0 saturated heterocycles. The highest BCUT2D eigenvalue weighted by Gasteiger charge is 2.12. The van der Waals surface area contributed by atoms with Crippen molar-refractivity contribution in [2.45, 2.75) is 12.5 Å². The molecule has 0 aliphatic carbocycles. The number of benzene rings is 1. The van der Waals surface area contributed by atoms with Gasteiger partial charge < -0.3 is 21.7 Å². The summed E-state index contributed by atoms with van der Waals surface area (Å²) in [5.41, 5.74) is 14.4. The van der Waals surface area contributed by atoms with E-state index in [0.29, 0.717) is 17.1 Å². The molecule has 6 heteroatoms. The number of carbonyl (C=O) groups excluding carboxylic acids is 1. The van der Waals surface area contributed by atoms with E-state index in [1.165, 1.54) is 6.20 Å². The molecule has 2 aromatic rings. The van der Waals surface area contributed by atoms with Crippen LogP contribution in [0.1, 0.15) is 12.1 Å². The number of amides is 1. The lowest BCUT2D eigenvalue weighted by Gasteiger charge is -2.14. The number of nitrogens with one attached hydrogen (secondary N) is 1. The molecule has 1 heterocycles. The number of hydrogen-bond acceptors (Lipinski definition) is 5. The molecular formula is C18H21N5O. The Kier molecular flexibility index (Phi) is 5.77. The van der Waals surface area contributed by atoms with E-state index >= 15 is 0 Å². The second-order valence-corrected chi connectivity index (χ2v) is 5.52. The summed E-state index contributed by atoms with van der Waals surface area (Å²) in [7, 11) is 3.91. The van der Waals surface area contributed by atoms with Gasteiger partial charge in [-0.15, -0.1) is 0 Å². The summed E-state index contributed by atoms with van der Waals surface area (Å²) in [6.07, 6.45) is 1.78. The zero-order chi connectivity index (χ0) is 17.5. The number of aromatic nitrogens is 1. The Bertz CT molecular complexity index is 742. The maximum Gasteiger partial charge on any atom is 0.242 e. The molecule has 1 aromatic heterocycles. The minimum Gasteiger partial charge on any atom is -0.397 e. The molecule has 24 heavy (non-hydrogen) atoms. The first-order valence-electron chi connectivity index (χ1n) is 7.50. The highest BCUT2D eigenvalue weighted by atomic mass is 16.2. The highest BCUT2D eigenvalue weighted by Crippen LogP contribution is 2.15. The zero-order valence-electron chi connectivity index (χ0n) is 13.8. The fraction of sp³-hybridized carbons (Fsp3) is 0.222. The number of rotatable bonds is 4. The van der Waals surface area contributed by atoms with Gasteiger partial charge in [0.1, 0.15) is 5.69 Å². The van der Waals surface area contributed by atoms with E-state index in [9.17, 15) is 4.79 Å². The molecule has 6 nitrogen and oxygen atoms in total. The number of pyridine rings is 1. The molecule has 5 N–H and O–H groups in total. The first kappa shape index (κ1) is 17.3. The summed E-state index contributed by atoms with van der Waals surface area (Å²) < 4.78 is 0. The van der Waals surface area contributed by atoms with Gasteiger partial charge in [0.25, 0.3) is 0 Å². The van der Waals surface area contributed by atoms with Gasteiger partial charge >= 0.3 is 0 Å². The Hall–Kier alpha value is -3.04. The number of carbonyl (C=O) groups is 1. The normalized spacial score (nSPS) is 11.1. The molecule has 0 aliphatic rings. The van der Waals surface area contributed by atoms with Crippen molar-refractivity contribution in [2.75, 3.05) is 30.0 Å². The smallest absolute Gasteiger partial charge is 0.242 e. The number of nitrogens with zero attached hydrogens (tertiary/aromatic N) is 2. The van der Waals surface area contributed by atoms with Crippen molar-refractivity contribution in [3.8, 4) is 11.8 Å². The van der Waals surface area contributed by atoms with Gasteiger partial charge in [0.15, 0.2) is 0 Å². The second kappa shape index (κ2) is 7.99. The molecule has 0 bridgehead atoms. The third kappa shape index (κ3) is 5.00. The SMILES string of the molecule is CN(C)c1ccc(NC(=O)C(N)CC#Cc2ccc(N)cn2)cc1. The Morgan fingerprint density at radius 2 is 1.96 bits per heavy atom. The molecule has 0 radical (unpaired) electrons. The average molecular weight is 323 g/mol. The molecule has 124 valence electrons. The molecule has 0 aliphatic heterocycles. The minimum atomic E-state index is -0.709. The lowest BCUT2D eigenvalue weighted by Crippen LogP contribution is -2.35. The fourth-order valence-electron chi connectivity index (χ4n) is 1.90. The molecule has 0 spiro atoms. The van der Waals surface area contributed by atoms with Crippen LogP contribution in [0.2, 0.25) is 0 Å². The maximum absolute atomic E-state index is 12.1. The van der Waals surface area contributed by atoms with Crippen molar-refractivity contribution in [3.05, 3.63) is 48.3 Å². The summed E-state index contributed by atoms with van der Waals surface area (Å²) in [4.78, 5) is 18.1. The third-order valence-electron chi connectivity index (χ3n) is 3.31. The van der Waals surface area contributed by atoms with Crippen LogP contribution in [-0.4, -0.2) is 31.0 Å². The van der Waals surface area contributed by atoms with Gasteiger partial charge in [0.2, 0.25) is 5.91 Å². The van der Waals surface area contributed by atoms with E-state index < -0.39 is 6.04 Å². The molecule has 2 rings (SSSR count). The van der Waals surface area contributed by atoms with E-state index in [1.807, 2.05) is 43.3 Å². The molecule has 1 aromatic carbocycles. The van der Waals surface area contributed by atoms with Gasteiger partial charge in [-0.05, 0) is 42.3 Å². The number of nitrogen functional groups attached to an aromatic ring is 1. The molecule has 0 saturated carbocycles. The van der Waals surface area contributed by atoms with Crippen LogP contribution in [0, 0.1) is 11.8 Å². The van der Waals surface area contributed by atoms with E-state index in [0.717, 1.165) is 5.69 Å². The first-order chi connectivity index (χ1) is 11.5. The summed E-state index contributed by atoms with van der Waals surface area (Å²) >= 11 is 0. The number of hydrogen-bond donors (Lipinski definition) is 3. The minimum absolute atomic E-state index is 0.244. The van der Waals surface area contributed by atoms with Gasteiger partial charge in [0, 0.05) is 31.9 Å². The summed E-state index contributed by atoms with van der Waals surface area (Å²) in [5.74, 6) is 5.45. The van der Waals surface area contributed by atoms with Gasteiger partial charge in [-0.3, -0.25) is 4.79 Å². The second-order valence-electron chi connectivity index (χ2n) is 5.52. The van der Waals surface area contributed by atoms with Gasteiger partial charge in [-0.2, -0.15) is 0 Å². The van der Waals surface area contributed by atoms with Crippen LogP contribution in [0.15, 0.2) is 42.6 Å². The van der Waals surface area contributed by atoms with Crippen LogP contribution in [0.4, 0.5) is 17.1 Å². The van der Waals surface area contributed by atoms with Crippen molar-refractivity contribution in [1.29, 1.82) is 0 Å². The van der Waals surface area contributed by atoms with Crippen molar-refractivity contribution >= 4 is 23.0 Å². The fourth-order valence-corrected chi connectivity index (χ4v) is 1.90. The van der Waals surface area contributed by atoms with Gasteiger partial charge in [-0.1, -0.05) is 5.92 Å². The number of anilines is 3. The van der Waals surface area contributed by atoms with Crippen molar-refractivity contribution in [1.82, 2.24) is 4.98 Å². The topological polar surface area (TPSA) is 97.3 Å². The predicted molar refractivity (Wildman–Crippen MR) is 97.5 cm³/mol. The van der Waals surface area contributed by atoms with E-state index in [-0.39, 0.29) is 12.3 Å². The van der Waals surface area contributed by atoms with Crippen LogP contribution in [0.5, 0.6) is 0 Å². The monoisotopic (exact) mass is 323 g/mol. The average Bonchev–Trinajstić information content (AvgIpc) is 2.57. The molecule has 1 atom stereocenters. The zero-order valence-corrected chi connectivity index (χ0v) is 13.8. The summed E-state index contributed by atoms with van der Waals surface area (Å²) in [5, 5.41) is 2.78. The Morgan fingerprint density at radius 1 is 1.25 bits per heavy atom. The lowest BCUT2D eigenvalue weighted by atomic mass is 10.2. The lowest BCUT2D eigenvalue weighted by molar-refractivity contribution is -0.117. The number of nitrogens with two attached hydrogens (primary N) is 2. The van der Waals surface area contributed by atoms with Crippen molar-refractivity contribution in [3.63, 3.8) is 0 Å². The van der Waals surface area contributed by atoms with Crippen LogP contribution < -0.4 is 21.7 Å². The third-order valence-corrected chi connectivity index (χ3v) is 3.31. The molecule has 1 amide bonds. The standard InChI is InChI=1S/C18H21N5O/c1-23(2)16-10-8-15(9-11-16)22-18(24)17(20)5-3-4-14-7-6-13(19)12-21-14/h6-12,17H,5,19-20H2,1-2H3,(H,22,24). The quantitative estimate of drug-likeness (QED) is 0.740. The largest absolute Gasteiger partial charge is 0.397 e. The van der Waals surface area contributed by atoms with Crippen molar-refractivity contribution < 1.29 is 4.79 Å². The van der Waals surface area contributed by atoms with Gasteiger partial charge in [0.05, 0.1) is 17.9 Å². The molecular weight excluding hydrogens is 302 g/mol. The van der Waals surface area contributed by atoms with Gasteiger partial charge in [-0.25, -0.2) is 4.98 Å². The summed E-state index contributed by atoms with van der Waals surface area (Å²) in [6, 6.07) is 10.3. The Morgan fingerprint density at radius 3 is 2.54 bits per heavy atom. The van der Waals surface area contributed by atoms with Crippen LogP contribution in [0.3, 0.4) is 0 Å². The maximum atomic E-state index is 12.1. The van der Waals surface area contributed by atoms with Crippen molar-refractivity contribution in [2.24, 2.45) is 5.73 Å². The van der Waals surface area contributed by atoms with E-state index in [2.05, 4.69) is 22.1 Å². The van der Waals surface area contributed by atoms with Crippen LogP contribution in [-0.2, 0) is 4.79 Å². The Labute approximate surface area is 141 Å². The molecule has 1 unspecified atom stereocenters. The van der Waals surface area contributed by atoms with Crippen LogP contribution >= 0.6 is 0 Å².